The number of rotatable bonds is 0. The van der Waals surface area contributed by atoms with Gasteiger partial charge < -0.3 is 19.4 Å². The lowest BCUT2D eigenvalue weighted by atomic mass is 9.97. The van der Waals surface area contributed by atoms with Crippen LogP contribution >= 0.6 is 0 Å². The lowest BCUT2D eigenvalue weighted by Crippen LogP contribution is -2.33. The average molecular weight is 258 g/mol. The van der Waals surface area contributed by atoms with E-state index in [4.69, 9.17) is 9.47 Å². The Kier molecular flexibility index (Phi) is 2.14. The van der Waals surface area contributed by atoms with Crippen molar-refractivity contribution in [1.29, 1.82) is 0 Å². The van der Waals surface area contributed by atoms with Crippen molar-refractivity contribution >= 4 is 10.9 Å². The van der Waals surface area contributed by atoms with Crippen molar-refractivity contribution in [3.8, 4) is 11.5 Å². The van der Waals surface area contributed by atoms with Crippen LogP contribution in [0, 0.1) is 0 Å². The topological polar surface area (TPSA) is 52.5 Å². The van der Waals surface area contributed by atoms with Crippen molar-refractivity contribution < 1.29 is 9.47 Å². The third kappa shape index (κ3) is 1.42. The van der Waals surface area contributed by atoms with Crippen molar-refractivity contribution in [2.45, 2.75) is 13.0 Å². The maximum atomic E-state index is 12.4. The van der Waals surface area contributed by atoms with Gasteiger partial charge in [-0.05, 0) is 24.6 Å². The standard InChI is InChI=1S/C14H14N2O3/c1-16-11-5-13-12(18-7-19-13)4-9(11)8-2-3-15-6-10(8)14(16)17/h4-5,15H,2-3,6-7H2,1H3. The van der Waals surface area contributed by atoms with E-state index in [1.807, 2.05) is 19.2 Å². The van der Waals surface area contributed by atoms with Crippen molar-refractivity contribution in [3.05, 3.63) is 33.6 Å². The second-order valence-electron chi connectivity index (χ2n) is 4.97. The number of hydrogen-bond acceptors (Lipinski definition) is 4. The Bertz CT molecular complexity index is 749. The Morgan fingerprint density at radius 3 is 2.84 bits per heavy atom. The molecular weight excluding hydrogens is 244 g/mol. The van der Waals surface area contributed by atoms with Crippen LogP contribution in [0.5, 0.6) is 11.5 Å². The highest BCUT2D eigenvalue weighted by Crippen LogP contribution is 2.37. The summed E-state index contributed by atoms with van der Waals surface area (Å²) in [5.74, 6) is 1.49. The van der Waals surface area contributed by atoms with Gasteiger partial charge in [0.05, 0.1) is 5.52 Å². The minimum absolute atomic E-state index is 0.0774. The fourth-order valence-electron chi connectivity index (χ4n) is 2.95. The van der Waals surface area contributed by atoms with Crippen molar-refractivity contribution in [2.24, 2.45) is 7.05 Å². The van der Waals surface area contributed by atoms with Crippen molar-refractivity contribution in [3.63, 3.8) is 0 Å². The van der Waals surface area contributed by atoms with E-state index >= 15 is 0 Å². The van der Waals surface area contributed by atoms with Gasteiger partial charge in [0.25, 0.3) is 5.56 Å². The number of benzene rings is 1. The van der Waals surface area contributed by atoms with E-state index in [-0.39, 0.29) is 12.4 Å². The van der Waals surface area contributed by atoms with Crippen LogP contribution in [0.2, 0.25) is 0 Å². The molecule has 1 N–H and O–H groups in total. The minimum Gasteiger partial charge on any atom is -0.454 e. The highest BCUT2D eigenvalue weighted by atomic mass is 16.7. The monoisotopic (exact) mass is 258 g/mol. The van der Waals surface area contributed by atoms with Crippen LogP contribution in [0.15, 0.2) is 16.9 Å². The van der Waals surface area contributed by atoms with Crippen LogP contribution in [-0.4, -0.2) is 17.9 Å². The predicted molar refractivity (Wildman–Crippen MR) is 70.7 cm³/mol. The molecule has 0 saturated heterocycles. The summed E-state index contributed by atoms with van der Waals surface area (Å²) in [5, 5.41) is 4.36. The summed E-state index contributed by atoms with van der Waals surface area (Å²) in [6.45, 7) is 1.81. The maximum Gasteiger partial charge on any atom is 0.255 e. The van der Waals surface area contributed by atoms with Crippen LogP contribution in [0.25, 0.3) is 10.9 Å². The second-order valence-corrected chi connectivity index (χ2v) is 4.97. The Hall–Kier alpha value is -2.01. The van der Waals surface area contributed by atoms with Gasteiger partial charge in [-0.3, -0.25) is 4.79 Å². The number of hydrogen-bond donors (Lipinski definition) is 1. The summed E-state index contributed by atoms with van der Waals surface area (Å²) in [6, 6.07) is 3.91. The Labute approximate surface area is 109 Å². The third-order valence-corrected chi connectivity index (χ3v) is 3.96. The molecule has 1 aromatic carbocycles. The van der Waals surface area contributed by atoms with Crippen LogP contribution in [0.3, 0.4) is 0 Å². The van der Waals surface area contributed by atoms with Crippen LogP contribution in [0.1, 0.15) is 11.1 Å². The first-order valence-corrected chi connectivity index (χ1v) is 6.40. The summed E-state index contributed by atoms with van der Waals surface area (Å²) >= 11 is 0. The molecule has 2 aliphatic heterocycles. The lowest BCUT2D eigenvalue weighted by Gasteiger charge is -2.20. The SMILES string of the molecule is Cn1c(=O)c2c(c3cc4c(cc31)OCO4)CCNC2. The van der Waals surface area contributed by atoms with Crippen LogP contribution < -0.4 is 20.3 Å². The first kappa shape index (κ1) is 10.9. The van der Waals surface area contributed by atoms with Crippen molar-refractivity contribution in [1.82, 2.24) is 9.88 Å². The molecule has 5 heteroatoms. The largest absolute Gasteiger partial charge is 0.454 e. The Morgan fingerprint density at radius 2 is 2.00 bits per heavy atom. The number of fused-ring (bicyclic) bond motifs is 4. The fourth-order valence-corrected chi connectivity index (χ4v) is 2.95. The van der Waals surface area contributed by atoms with E-state index in [0.29, 0.717) is 6.54 Å². The zero-order chi connectivity index (χ0) is 13.0. The predicted octanol–water partition coefficient (Wildman–Crippen LogP) is 0.913. The molecule has 1 aromatic heterocycles. The molecule has 0 amide bonds. The molecule has 5 nitrogen and oxygen atoms in total. The van der Waals surface area contributed by atoms with Crippen molar-refractivity contribution in [2.75, 3.05) is 13.3 Å². The normalized spacial score (nSPS) is 16.7. The molecule has 0 atom stereocenters. The number of nitrogens with zero attached hydrogens (tertiary/aromatic N) is 1. The summed E-state index contributed by atoms with van der Waals surface area (Å²) < 4.78 is 12.5. The zero-order valence-corrected chi connectivity index (χ0v) is 10.7. The van der Waals surface area contributed by atoms with E-state index in [0.717, 1.165) is 46.5 Å². The van der Waals surface area contributed by atoms with Gasteiger partial charge in [-0.15, -0.1) is 0 Å². The number of aromatic nitrogens is 1. The Balaban J connectivity index is 2.15. The molecule has 2 aromatic rings. The molecule has 0 fully saturated rings. The van der Waals surface area contributed by atoms with Gasteiger partial charge in [0.1, 0.15) is 0 Å². The summed E-state index contributed by atoms with van der Waals surface area (Å²) in [6.07, 6.45) is 0.877. The summed E-state index contributed by atoms with van der Waals surface area (Å²) in [5.41, 5.74) is 3.01. The van der Waals surface area contributed by atoms with E-state index in [2.05, 4.69) is 5.32 Å². The number of pyridine rings is 1. The molecule has 0 bridgehead atoms. The van der Waals surface area contributed by atoms with Crippen LogP contribution in [-0.2, 0) is 20.0 Å². The third-order valence-electron chi connectivity index (χ3n) is 3.96. The molecule has 0 aliphatic carbocycles. The van der Waals surface area contributed by atoms with Gasteiger partial charge >= 0.3 is 0 Å². The minimum atomic E-state index is 0.0774. The highest BCUT2D eigenvalue weighted by molar-refractivity contribution is 5.87. The lowest BCUT2D eigenvalue weighted by molar-refractivity contribution is 0.174. The molecule has 4 rings (SSSR count). The van der Waals surface area contributed by atoms with E-state index in [1.54, 1.807) is 4.57 Å². The zero-order valence-electron chi connectivity index (χ0n) is 10.7. The first-order valence-electron chi connectivity index (χ1n) is 6.40. The van der Waals surface area contributed by atoms with Gasteiger partial charge in [-0.2, -0.15) is 0 Å². The van der Waals surface area contributed by atoms with Gasteiger partial charge in [0.15, 0.2) is 11.5 Å². The maximum absolute atomic E-state index is 12.4. The van der Waals surface area contributed by atoms with Crippen LogP contribution in [0.4, 0.5) is 0 Å². The fraction of sp³-hybridized carbons (Fsp3) is 0.357. The molecule has 0 radical (unpaired) electrons. The van der Waals surface area contributed by atoms with E-state index < -0.39 is 0 Å². The molecule has 2 aliphatic rings. The molecule has 0 spiro atoms. The average Bonchev–Trinajstić information content (AvgIpc) is 2.90. The summed E-state index contributed by atoms with van der Waals surface area (Å²) in [4.78, 5) is 12.4. The molecule has 0 unspecified atom stereocenters. The highest BCUT2D eigenvalue weighted by Gasteiger charge is 2.22. The van der Waals surface area contributed by atoms with E-state index in [1.165, 1.54) is 0 Å². The number of nitrogens with one attached hydrogen (secondary N) is 1. The molecule has 98 valence electrons. The molecular formula is C14H14N2O3. The first-order chi connectivity index (χ1) is 9.25. The van der Waals surface area contributed by atoms with Gasteiger partial charge in [-0.1, -0.05) is 0 Å². The molecule has 0 saturated carbocycles. The summed E-state index contributed by atoms with van der Waals surface area (Å²) in [7, 11) is 1.81. The number of aryl methyl sites for hydroxylation is 1. The van der Waals surface area contributed by atoms with Gasteiger partial charge in [0.2, 0.25) is 6.79 Å². The molecule has 19 heavy (non-hydrogen) atoms. The van der Waals surface area contributed by atoms with Gasteiger partial charge in [0, 0.05) is 30.6 Å². The number of ether oxygens (including phenoxy) is 2. The van der Waals surface area contributed by atoms with E-state index in [9.17, 15) is 4.79 Å². The van der Waals surface area contributed by atoms with Gasteiger partial charge in [-0.25, -0.2) is 0 Å². The quantitative estimate of drug-likeness (QED) is 0.763. The molecule has 3 heterocycles. The smallest absolute Gasteiger partial charge is 0.255 e. The second kappa shape index (κ2) is 3.74. The Morgan fingerprint density at radius 1 is 1.21 bits per heavy atom.